The molecular weight excluding hydrogens is 541 g/mol. The van der Waals surface area contributed by atoms with Crippen molar-refractivity contribution < 1.29 is 17.7 Å². The lowest BCUT2D eigenvalue weighted by molar-refractivity contribution is -0.659. The highest BCUT2D eigenvalue weighted by Gasteiger charge is 2.32. The molecule has 0 radical (unpaired) electrons. The largest absolute Gasteiger partial charge is 0.416 e. The van der Waals surface area contributed by atoms with Gasteiger partial charge in [-0.05, 0) is 71.1 Å². The number of hydrogen-bond donors (Lipinski definition) is 0. The van der Waals surface area contributed by atoms with Gasteiger partial charge in [0.2, 0.25) is 5.69 Å². The molecule has 0 aliphatic carbocycles. The fraction of sp³-hybridized carbons (Fsp3) is 0.0789. The molecule has 0 aliphatic heterocycles. The highest BCUT2D eigenvalue weighted by Crippen LogP contribution is 2.40. The van der Waals surface area contributed by atoms with Gasteiger partial charge in [0.1, 0.15) is 12.6 Å². The molecule has 0 aliphatic rings. The Hall–Kier alpha value is -5.16. The average Bonchev–Trinajstić information content (AvgIpc) is 3.35. The lowest BCUT2D eigenvalue weighted by Gasteiger charge is -2.13. The fourth-order valence-electron chi connectivity index (χ4n) is 6.06. The number of alkyl halides is 3. The maximum absolute atomic E-state index is 13.9. The summed E-state index contributed by atoms with van der Waals surface area (Å²) in [4.78, 5) is 0. The van der Waals surface area contributed by atoms with Crippen LogP contribution in [0.25, 0.3) is 61.0 Å². The quantitative estimate of drug-likeness (QED) is 0.187. The molecule has 43 heavy (non-hydrogen) atoms. The highest BCUT2D eigenvalue weighted by atomic mass is 19.4. The minimum Gasteiger partial charge on any atom is -0.303 e. The highest BCUT2D eigenvalue weighted by molar-refractivity contribution is 6.12. The molecule has 5 aromatic carbocycles. The molecule has 2 nitrogen and oxygen atoms in total. The molecule has 2 aromatic heterocycles. The van der Waals surface area contributed by atoms with Crippen LogP contribution in [0.15, 0.2) is 134 Å². The zero-order valence-electron chi connectivity index (χ0n) is 23.7. The van der Waals surface area contributed by atoms with Crippen molar-refractivity contribution in [1.29, 1.82) is 0 Å². The van der Waals surface area contributed by atoms with Gasteiger partial charge in [-0.25, -0.2) is 0 Å². The molecule has 0 bridgehead atoms. The SMILES string of the molecule is Cc1ccccc1-c1c2c(cc[n+]1C)c1cc(C(F)(F)F)ccc1n2-c1cccc(-c2ccc(-c3ccccc3)cc2)c1. The molecule has 7 aromatic rings. The Morgan fingerprint density at radius 2 is 1.26 bits per heavy atom. The van der Waals surface area contributed by atoms with Crippen molar-refractivity contribution in [2.24, 2.45) is 7.05 Å². The van der Waals surface area contributed by atoms with Crippen molar-refractivity contribution in [1.82, 2.24) is 4.57 Å². The number of hydrogen-bond acceptors (Lipinski definition) is 0. The lowest BCUT2D eigenvalue weighted by atomic mass is 10.00. The van der Waals surface area contributed by atoms with Crippen LogP contribution in [0.1, 0.15) is 11.1 Å². The molecule has 0 spiro atoms. The number of aryl methyl sites for hydroxylation is 2. The van der Waals surface area contributed by atoms with Crippen molar-refractivity contribution in [3.8, 4) is 39.2 Å². The van der Waals surface area contributed by atoms with Gasteiger partial charge < -0.3 is 4.57 Å². The fourth-order valence-corrected chi connectivity index (χ4v) is 6.06. The Morgan fingerprint density at radius 1 is 0.605 bits per heavy atom. The summed E-state index contributed by atoms with van der Waals surface area (Å²) >= 11 is 0. The minimum absolute atomic E-state index is 0.567. The third-order valence-electron chi connectivity index (χ3n) is 8.21. The van der Waals surface area contributed by atoms with E-state index in [0.717, 1.165) is 61.2 Å². The molecule has 0 unspecified atom stereocenters. The van der Waals surface area contributed by atoms with Crippen molar-refractivity contribution >= 4 is 21.8 Å². The smallest absolute Gasteiger partial charge is 0.303 e. The molecule has 0 fully saturated rings. The second-order valence-electron chi connectivity index (χ2n) is 10.9. The van der Waals surface area contributed by atoms with Crippen LogP contribution in [0.2, 0.25) is 0 Å². The first-order valence-corrected chi connectivity index (χ1v) is 14.2. The van der Waals surface area contributed by atoms with Crippen LogP contribution < -0.4 is 4.57 Å². The van der Waals surface area contributed by atoms with E-state index >= 15 is 0 Å². The van der Waals surface area contributed by atoms with E-state index in [9.17, 15) is 13.2 Å². The minimum atomic E-state index is -4.44. The standard InChI is InChI=1S/C38H28F3N2/c1-25-9-6-7-14-32(25)36-37-33(21-22-42(36)2)34-24-30(38(39,40)41)19-20-35(34)43(37)31-13-8-12-29(23-31)28-17-15-27(16-18-28)26-10-4-3-5-11-26/h3-24H,1-2H3/q+1. The number of benzene rings is 5. The van der Waals surface area contributed by atoms with E-state index in [1.165, 1.54) is 12.1 Å². The van der Waals surface area contributed by atoms with Crippen LogP contribution >= 0.6 is 0 Å². The molecule has 0 saturated carbocycles. The number of aromatic nitrogens is 2. The van der Waals surface area contributed by atoms with E-state index in [4.69, 9.17) is 0 Å². The topological polar surface area (TPSA) is 8.81 Å². The number of rotatable bonds is 4. The predicted molar refractivity (Wildman–Crippen MR) is 168 cm³/mol. The van der Waals surface area contributed by atoms with E-state index in [1.807, 2.05) is 61.8 Å². The Labute approximate surface area is 247 Å². The van der Waals surface area contributed by atoms with Crippen molar-refractivity contribution in [2.75, 3.05) is 0 Å². The predicted octanol–water partition coefficient (Wildman–Crippen LogP) is 9.94. The van der Waals surface area contributed by atoms with Crippen molar-refractivity contribution in [3.05, 3.63) is 145 Å². The normalized spacial score (nSPS) is 11.8. The van der Waals surface area contributed by atoms with Gasteiger partial charge in [0.25, 0.3) is 0 Å². The van der Waals surface area contributed by atoms with Gasteiger partial charge in [-0.1, -0.05) is 84.9 Å². The third kappa shape index (κ3) is 4.67. The molecule has 7 rings (SSSR count). The summed E-state index contributed by atoms with van der Waals surface area (Å²) in [7, 11) is 1.98. The first kappa shape index (κ1) is 26.7. The van der Waals surface area contributed by atoms with Gasteiger partial charge >= 0.3 is 6.18 Å². The van der Waals surface area contributed by atoms with Crippen LogP contribution in [0, 0.1) is 6.92 Å². The van der Waals surface area contributed by atoms with E-state index in [2.05, 4.69) is 76.7 Å². The molecule has 0 amide bonds. The van der Waals surface area contributed by atoms with E-state index in [1.54, 1.807) is 6.07 Å². The summed E-state index contributed by atoms with van der Waals surface area (Å²) in [6, 6.07) is 41.0. The molecular formula is C38H28F3N2+. The number of halogens is 3. The van der Waals surface area contributed by atoms with Gasteiger partial charge in [0, 0.05) is 22.5 Å². The summed E-state index contributed by atoms with van der Waals surface area (Å²) in [6.45, 7) is 2.06. The number of fused-ring (bicyclic) bond motifs is 3. The molecule has 0 saturated heterocycles. The monoisotopic (exact) mass is 569 g/mol. The van der Waals surface area contributed by atoms with Crippen molar-refractivity contribution in [2.45, 2.75) is 13.1 Å². The summed E-state index contributed by atoms with van der Waals surface area (Å²) in [5.74, 6) is 0. The Morgan fingerprint density at radius 3 is 1.98 bits per heavy atom. The van der Waals surface area contributed by atoms with E-state index < -0.39 is 11.7 Å². The summed E-state index contributed by atoms with van der Waals surface area (Å²) in [5, 5.41) is 1.34. The summed E-state index contributed by atoms with van der Waals surface area (Å²) in [6.07, 6.45) is -2.51. The Balaban J connectivity index is 1.48. The van der Waals surface area contributed by atoms with E-state index in [-0.39, 0.29) is 0 Å². The van der Waals surface area contributed by atoms with Crippen molar-refractivity contribution in [3.63, 3.8) is 0 Å². The second kappa shape index (κ2) is 10.3. The lowest BCUT2D eigenvalue weighted by Crippen LogP contribution is -2.31. The van der Waals surface area contributed by atoms with Gasteiger partial charge in [-0.3, -0.25) is 0 Å². The summed E-state index contributed by atoms with van der Waals surface area (Å²) < 4.78 is 45.8. The van der Waals surface area contributed by atoms with Gasteiger partial charge in [-0.15, -0.1) is 0 Å². The molecule has 210 valence electrons. The van der Waals surface area contributed by atoms with Gasteiger partial charge in [0.15, 0.2) is 6.20 Å². The average molecular weight is 570 g/mol. The first-order chi connectivity index (χ1) is 20.8. The first-order valence-electron chi connectivity index (χ1n) is 14.2. The third-order valence-corrected chi connectivity index (χ3v) is 8.21. The Kier molecular flexibility index (Phi) is 6.39. The van der Waals surface area contributed by atoms with E-state index in [0.29, 0.717) is 5.39 Å². The molecule has 0 N–H and O–H groups in total. The van der Waals surface area contributed by atoms with Crippen LogP contribution in [-0.4, -0.2) is 4.57 Å². The Bertz CT molecular complexity index is 2120. The summed E-state index contributed by atoms with van der Waals surface area (Å²) in [5.41, 5.74) is 9.25. The maximum atomic E-state index is 13.9. The number of pyridine rings is 1. The second-order valence-corrected chi connectivity index (χ2v) is 10.9. The van der Waals surface area contributed by atoms with Gasteiger partial charge in [0.05, 0.1) is 16.6 Å². The van der Waals surface area contributed by atoms with Crippen LogP contribution in [-0.2, 0) is 13.2 Å². The van der Waals surface area contributed by atoms with Crippen LogP contribution in [0.5, 0.6) is 0 Å². The van der Waals surface area contributed by atoms with Crippen LogP contribution in [0.3, 0.4) is 0 Å². The number of nitrogens with zero attached hydrogens (tertiary/aromatic N) is 2. The molecule has 5 heteroatoms. The van der Waals surface area contributed by atoms with Crippen LogP contribution in [0.4, 0.5) is 13.2 Å². The zero-order chi connectivity index (χ0) is 29.7. The molecule has 0 atom stereocenters. The zero-order valence-corrected chi connectivity index (χ0v) is 23.7. The van der Waals surface area contributed by atoms with Gasteiger partial charge in [-0.2, -0.15) is 17.7 Å². The maximum Gasteiger partial charge on any atom is 0.416 e. The molecule has 2 heterocycles.